The van der Waals surface area contributed by atoms with Crippen molar-refractivity contribution in [3.63, 3.8) is 0 Å². The summed E-state index contributed by atoms with van der Waals surface area (Å²) in [6.45, 7) is 4.50. The number of carbonyl (C=O) groups excluding carboxylic acids is 1. The number of hydrogen-bond donors (Lipinski definition) is 2. The fraction of sp³-hybridized carbons (Fsp3) is 0.300. The summed E-state index contributed by atoms with van der Waals surface area (Å²) in [5, 5.41) is 11.4. The predicted octanol–water partition coefficient (Wildman–Crippen LogP) is 3.59. The third kappa shape index (κ3) is 6.22. The van der Waals surface area contributed by atoms with Gasteiger partial charge in [-0.25, -0.2) is 4.79 Å². The van der Waals surface area contributed by atoms with Crippen molar-refractivity contribution in [3.05, 3.63) is 48.0 Å². The Labute approximate surface area is 157 Å². The number of hydrogen-bond acceptors (Lipinski definition) is 5. The van der Waals surface area contributed by atoms with E-state index in [1.54, 1.807) is 42.5 Å². The van der Waals surface area contributed by atoms with Gasteiger partial charge in [-0.3, -0.25) is 4.79 Å². The van der Waals surface area contributed by atoms with Gasteiger partial charge < -0.3 is 24.6 Å². The van der Waals surface area contributed by atoms with Crippen LogP contribution in [0.1, 0.15) is 30.6 Å². The van der Waals surface area contributed by atoms with E-state index in [2.05, 4.69) is 5.32 Å². The van der Waals surface area contributed by atoms with Crippen LogP contribution in [0.2, 0.25) is 0 Å². The Balaban J connectivity index is 2.06. The Bertz CT molecular complexity index is 773. The van der Waals surface area contributed by atoms with E-state index in [9.17, 15) is 9.59 Å². The zero-order valence-corrected chi connectivity index (χ0v) is 15.4. The van der Waals surface area contributed by atoms with Crippen LogP contribution < -0.4 is 19.5 Å². The molecule has 2 aromatic carbocycles. The zero-order chi connectivity index (χ0) is 19.6. The summed E-state index contributed by atoms with van der Waals surface area (Å²) >= 11 is 0. The van der Waals surface area contributed by atoms with Gasteiger partial charge in [0.2, 0.25) is 0 Å². The number of carboxylic acid groups (broad SMARTS) is 1. The van der Waals surface area contributed by atoms with Crippen molar-refractivity contribution >= 4 is 17.6 Å². The molecule has 0 aliphatic carbocycles. The van der Waals surface area contributed by atoms with Crippen LogP contribution in [0, 0.1) is 0 Å². The van der Waals surface area contributed by atoms with Crippen LogP contribution in [-0.4, -0.2) is 36.8 Å². The molecule has 1 amide bonds. The summed E-state index contributed by atoms with van der Waals surface area (Å²) in [5.74, 6) is 0.193. The number of aliphatic carboxylic acids is 1. The summed E-state index contributed by atoms with van der Waals surface area (Å²) in [4.78, 5) is 23.0. The molecule has 27 heavy (non-hydrogen) atoms. The molecule has 7 nitrogen and oxygen atoms in total. The third-order valence-corrected chi connectivity index (χ3v) is 3.44. The van der Waals surface area contributed by atoms with Crippen LogP contribution >= 0.6 is 0 Å². The Hall–Kier alpha value is -3.22. The van der Waals surface area contributed by atoms with Crippen LogP contribution in [0.15, 0.2) is 42.5 Å². The van der Waals surface area contributed by atoms with Gasteiger partial charge in [-0.2, -0.15) is 0 Å². The fourth-order valence-electron chi connectivity index (χ4n) is 2.23. The van der Waals surface area contributed by atoms with E-state index in [0.29, 0.717) is 41.7 Å². The Morgan fingerprint density at radius 3 is 2.33 bits per heavy atom. The molecule has 2 rings (SSSR count). The molecule has 144 valence electrons. The lowest BCUT2D eigenvalue weighted by molar-refractivity contribution is -0.139. The molecule has 0 radical (unpaired) electrons. The average molecular weight is 373 g/mol. The number of nitrogens with one attached hydrogen (secondary N) is 1. The van der Waals surface area contributed by atoms with Crippen LogP contribution in [-0.2, 0) is 4.79 Å². The van der Waals surface area contributed by atoms with Gasteiger partial charge in [0.15, 0.2) is 18.1 Å². The second kappa shape index (κ2) is 10.1. The van der Waals surface area contributed by atoms with Crippen LogP contribution in [0.3, 0.4) is 0 Å². The maximum Gasteiger partial charge on any atom is 0.341 e. The molecular weight excluding hydrogens is 350 g/mol. The van der Waals surface area contributed by atoms with Gasteiger partial charge in [0.05, 0.1) is 13.2 Å². The Morgan fingerprint density at radius 1 is 0.963 bits per heavy atom. The molecule has 0 aromatic heterocycles. The lowest BCUT2D eigenvalue weighted by atomic mass is 10.1. The van der Waals surface area contributed by atoms with E-state index < -0.39 is 12.6 Å². The summed E-state index contributed by atoms with van der Waals surface area (Å²) in [7, 11) is 0. The molecule has 0 fully saturated rings. The molecule has 0 heterocycles. The summed E-state index contributed by atoms with van der Waals surface area (Å²) < 4.78 is 16.3. The van der Waals surface area contributed by atoms with Gasteiger partial charge in [0.1, 0.15) is 5.75 Å². The second-order valence-corrected chi connectivity index (χ2v) is 5.60. The summed E-state index contributed by atoms with van der Waals surface area (Å²) in [5.41, 5.74) is 1.00. The van der Waals surface area contributed by atoms with Gasteiger partial charge in [0, 0.05) is 11.3 Å². The number of anilines is 1. The molecule has 0 unspecified atom stereocenters. The van der Waals surface area contributed by atoms with Crippen molar-refractivity contribution < 1.29 is 28.9 Å². The standard InChI is InChI=1S/C20H23NO6/c1-3-11-26-17-10-5-14(12-18(17)25-4-2)20(24)21-15-6-8-16(9-7-15)27-13-19(22)23/h5-10,12H,3-4,11,13H2,1-2H3,(H,21,24)(H,22,23). The van der Waals surface area contributed by atoms with Gasteiger partial charge in [0.25, 0.3) is 5.91 Å². The Kier molecular flexibility index (Phi) is 7.49. The van der Waals surface area contributed by atoms with Crippen molar-refractivity contribution in [2.75, 3.05) is 25.1 Å². The van der Waals surface area contributed by atoms with Crippen LogP contribution in [0.25, 0.3) is 0 Å². The highest BCUT2D eigenvalue weighted by Gasteiger charge is 2.12. The third-order valence-electron chi connectivity index (χ3n) is 3.44. The fourth-order valence-corrected chi connectivity index (χ4v) is 2.23. The molecule has 2 aromatic rings. The van der Waals surface area contributed by atoms with Gasteiger partial charge in [-0.05, 0) is 55.8 Å². The Morgan fingerprint density at radius 2 is 1.70 bits per heavy atom. The van der Waals surface area contributed by atoms with Crippen molar-refractivity contribution in [1.82, 2.24) is 0 Å². The molecule has 0 spiro atoms. The molecule has 0 aliphatic heterocycles. The van der Waals surface area contributed by atoms with Crippen molar-refractivity contribution in [1.29, 1.82) is 0 Å². The van der Waals surface area contributed by atoms with E-state index in [-0.39, 0.29) is 5.91 Å². The first-order chi connectivity index (χ1) is 13.0. The maximum atomic E-state index is 12.5. The van der Waals surface area contributed by atoms with Gasteiger partial charge in [-0.1, -0.05) is 6.92 Å². The van der Waals surface area contributed by atoms with E-state index >= 15 is 0 Å². The number of carboxylic acids is 1. The minimum Gasteiger partial charge on any atom is -0.490 e. The van der Waals surface area contributed by atoms with E-state index in [4.69, 9.17) is 19.3 Å². The highest BCUT2D eigenvalue weighted by Crippen LogP contribution is 2.29. The van der Waals surface area contributed by atoms with Crippen molar-refractivity contribution in [2.24, 2.45) is 0 Å². The molecule has 0 saturated carbocycles. The monoisotopic (exact) mass is 373 g/mol. The maximum absolute atomic E-state index is 12.5. The number of amides is 1. The summed E-state index contributed by atoms with van der Waals surface area (Å²) in [6.07, 6.45) is 0.875. The van der Waals surface area contributed by atoms with Gasteiger partial charge in [-0.15, -0.1) is 0 Å². The number of ether oxygens (including phenoxy) is 3. The van der Waals surface area contributed by atoms with E-state index in [1.165, 1.54) is 0 Å². The highest BCUT2D eigenvalue weighted by molar-refractivity contribution is 6.04. The summed E-state index contributed by atoms with van der Waals surface area (Å²) in [6, 6.07) is 11.5. The van der Waals surface area contributed by atoms with E-state index in [0.717, 1.165) is 6.42 Å². The van der Waals surface area contributed by atoms with E-state index in [1.807, 2.05) is 13.8 Å². The second-order valence-electron chi connectivity index (χ2n) is 5.60. The minimum atomic E-state index is -1.05. The first kappa shape index (κ1) is 20.1. The quantitative estimate of drug-likeness (QED) is 0.661. The predicted molar refractivity (Wildman–Crippen MR) is 101 cm³/mol. The molecule has 0 bridgehead atoms. The molecule has 0 atom stereocenters. The van der Waals surface area contributed by atoms with Crippen molar-refractivity contribution in [3.8, 4) is 17.2 Å². The number of rotatable bonds is 10. The molecular formula is C20H23NO6. The number of carbonyl (C=O) groups is 2. The lowest BCUT2D eigenvalue weighted by Gasteiger charge is -2.13. The first-order valence-corrected chi connectivity index (χ1v) is 8.69. The molecule has 0 aliphatic rings. The zero-order valence-electron chi connectivity index (χ0n) is 15.4. The van der Waals surface area contributed by atoms with Crippen LogP contribution in [0.4, 0.5) is 5.69 Å². The smallest absolute Gasteiger partial charge is 0.341 e. The molecule has 0 saturated heterocycles. The number of benzene rings is 2. The topological polar surface area (TPSA) is 94.1 Å². The molecule has 2 N–H and O–H groups in total. The lowest BCUT2D eigenvalue weighted by Crippen LogP contribution is -2.13. The highest BCUT2D eigenvalue weighted by atomic mass is 16.5. The minimum absolute atomic E-state index is 0.294. The van der Waals surface area contributed by atoms with Gasteiger partial charge >= 0.3 is 5.97 Å². The normalized spacial score (nSPS) is 10.1. The first-order valence-electron chi connectivity index (χ1n) is 8.69. The molecule has 7 heteroatoms. The average Bonchev–Trinajstić information content (AvgIpc) is 2.66. The van der Waals surface area contributed by atoms with Crippen LogP contribution in [0.5, 0.6) is 17.2 Å². The SMILES string of the molecule is CCCOc1ccc(C(=O)Nc2ccc(OCC(=O)O)cc2)cc1OCC. The largest absolute Gasteiger partial charge is 0.490 e. The van der Waals surface area contributed by atoms with Crippen molar-refractivity contribution in [2.45, 2.75) is 20.3 Å².